The van der Waals surface area contributed by atoms with Crippen molar-refractivity contribution >= 4 is 66.4 Å². The SMILES string of the molecule is CC1(C)c2ccccc2N2c3c(cccc31)Oc1ccc3c(ccc4c(N(c5ccccc5)c5ccccc5)c5ccccc5cc43)c12. The molecule has 0 unspecified atom stereocenters. The number of ether oxygens (including phenoxy) is 1. The zero-order valence-corrected chi connectivity index (χ0v) is 26.8. The summed E-state index contributed by atoms with van der Waals surface area (Å²) >= 11 is 0. The Labute approximate surface area is 279 Å². The van der Waals surface area contributed by atoms with Gasteiger partial charge in [0.25, 0.3) is 0 Å². The minimum absolute atomic E-state index is 0.164. The number of para-hydroxylation sites is 4. The Hall–Kier alpha value is -6.06. The van der Waals surface area contributed by atoms with Crippen molar-refractivity contribution in [3.8, 4) is 11.5 Å². The first-order chi connectivity index (χ1) is 23.6. The number of anilines is 6. The first kappa shape index (κ1) is 27.1. The van der Waals surface area contributed by atoms with Crippen molar-refractivity contribution in [1.82, 2.24) is 0 Å². The van der Waals surface area contributed by atoms with E-state index in [1.807, 2.05) is 0 Å². The molecule has 0 radical (unpaired) electrons. The summed E-state index contributed by atoms with van der Waals surface area (Å²) in [6.07, 6.45) is 0. The standard InChI is InChI=1S/C45H32N2O/c1-45(2)37-20-11-12-22-39(37)47-43-34-24-25-35-36(33(34)26-27-41(43)48-40-23-13-21-38(45)44(40)47)28-29-14-9-10-19-32(29)42(35)46(30-15-5-3-6-16-30)31-17-7-4-8-18-31/h3-28H,1-2H3. The van der Waals surface area contributed by atoms with Gasteiger partial charge in [0.2, 0.25) is 0 Å². The van der Waals surface area contributed by atoms with Crippen molar-refractivity contribution in [2.45, 2.75) is 19.3 Å². The van der Waals surface area contributed by atoms with Gasteiger partial charge in [-0.3, -0.25) is 0 Å². The third kappa shape index (κ3) is 3.70. The molecule has 48 heavy (non-hydrogen) atoms. The lowest BCUT2D eigenvalue weighted by Gasteiger charge is -2.45. The van der Waals surface area contributed by atoms with Gasteiger partial charge in [-0.1, -0.05) is 117 Å². The van der Waals surface area contributed by atoms with Gasteiger partial charge in [0.1, 0.15) is 0 Å². The van der Waals surface area contributed by atoms with Crippen molar-refractivity contribution in [3.63, 3.8) is 0 Å². The maximum absolute atomic E-state index is 6.75. The van der Waals surface area contributed by atoms with Crippen LogP contribution in [0.1, 0.15) is 25.0 Å². The molecule has 8 aromatic rings. The van der Waals surface area contributed by atoms with Gasteiger partial charge in [0.05, 0.1) is 22.7 Å². The van der Waals surface area contributed by atoms with Crippen LogP contribution in [0.5, 0.6) is 11.5 Å². The number of benzene rings is 8. The Morgan fingerprint density at radius 1 is 0.479 bits per heavy atom. The lowest BCUT2D eigenvalue weighted by atomic mass is 9.73. The molecule has 3 heteroatoms. The van der Waals surface area contributed by atoms with Crippen LogP contribution in [0.15, 0.2) is 158 Å². The fraction of sp³-hybridized carbons (Fsp3) is 0.0667. The Balaban J connectivity index is 1.30. The van der Waals surface area contributed by atoms with E-state index < -0.39 is 0 Å². The number of rotatable bonds is 3. The minimum atomic E-state index is -0.164. The van der Waals surface area contributed by atoms with Gasteiger partial charge < -0.3 is 14.5 Å². The fourth-order valence-electron chi connectivity index (χ4n) is 8.16. The van der Waals surface area contributed by atoms with Crippen LogP contribution >= 0.6 is 0 Å². The molecule has 0 saturated carbocycles. The molecular weight excluding hydrogens is 585 g/mol. The van der Waals surface area contributed by atoms with Gasteiger partial charge in [-0.2, -0.15) is 0 Å². The second-order valence-electron chi connectivity index (χ2n) is 13.4. The lowest BCUT2D eigenvalue weighted by molar-refractivity contribution is 0.472. The second kappa shape index (κ2) is 9.97. The smallest absolute Gasteiger partial charge is 0.152 e. The highest BCUT2D eigenvalue weighted by Crippen LogP contribution is 2.61. The number of nitrogens with zero attached hydrogens (tertiary/aromatic N) is 2. The molecule has 8 aromatic carbocycles. The van der Waals surface area contributed by atoms with Gasteiger partial charge in [0, 0.05) is 32.9 Å². The van der Waals surface area contributed by atoms with Crippen LogP contribution in [0.3, 0.4) is 0 Å². The summed E-state index contributed by atoms with van der Waals surface area (Å²) in [5.41, 5.74) is 9.28. The van der Waals surface area contributed by atoms with E-state index in [1.54, 1.807) is 0 Å². The summed E-state index contributed by atoms with van der Waals surface area (Å²) < 4.78 is 6.75. The molecule has 2 heterocycles. The van der Waals surface area contributed by atoms with Crippen molar-refractivity contribution < 1.29 is 4.74 Å². The van der Waals surface area contributed by atoms with Gasteiger partial charge in [-0.15, -0.1) is 0 Å². The van der Waals surface area contributed by atoms with Gasteiger partial charge in [-0.05, 0) is 81.9 Å². The van der Waals surface area contributed by atoms with Crippen LogP contribution in [0.25, 0.3) is 32.3 Å². The highest BCUT2D eigenvalue weighted by molar-refractivity contribution is 6.23. The summed E-state index contributed by atoms with van der Waals surface area (Å²) in [5, 5.41) is 7.20. The summed E-state index contributed by atoms with van der Waals surface area (Å²) in [7, 11) is 0. The van der Waals surface area contributed by atoms with Crippen molar-refractivity contribution in [3.05, 3.63) is 169 Å². The maximum Gasteiger partial charge on any atom is 0.152 e. The molecule has 0 fully saturated rings. The van der Waals surface area contributed by atoms with Gasteiger partial charge in [-0.25, -0.2) is 0 Å². The molecule has 228 valence electrons. The van der Waals surface area contributed by atoms with E-state index in [2.05, 4.69) is 181 Å². The Bertz CT molecular complexity index is 2530. The van der Waals surface area contributed by atoms with E-state index in [0.717, 1.165) is 34.2 Å². The summed E-state index contributed by atoms with van der Waals surface area (Å²) in [6, 6.07) is 56.9. The van der Waals surface area contributed by atoms with Crippen LogP contribution in [0.4, 0.5) is 34.1 Å². The number of fused-ring (bicyclic) bond motifs is 9. The molecule has 0 N–H and O–H groups in total. The average molecular weight is 617 g/mol. The van der Waals surface area contributed by atoms with Gasteiger partial charge >= 0.3 is 0 Å². The summed E-state index contributed by atoms with van der Waals surface area (Å²) in [5.74, 6) is 1.77. The number of hydrogen-bond acceptors (Lipinski definition) is 3. The predicted molar refractivity (Wildman–Crippen MR) is 201 cm³/mol. The van der Waals surface area contributed by atoms with Crippen molar-refractivity contribution in [2.24, 2.45) is 0 Å². The van der Waals surface area contributed by atoms with E-state index in [4.69, 9.17) is 4.74 Å². The van der Waals surface area contributed by atoms with E-state index >= 15 is 0 Å². The molecule has 3 nitrogen and oxygen atoms in total. The zero-order valence-electron chi connectivity index (χ0n) is 26.8. The summed E-state index contributed by atoms with van der Waals surface area (Å²) in [6.45, 7) is 4.64. The topological polar surface area (TPSA) is 15.7 Å². The van der Waals surface area contributed by atoms with E-state index in [9.17, 15) is 0 Å². The fourth-order valence-corrected chi connectivity index (χ4v) is 8.16. The molecule has 0 spiro atoms. The highest BCUT2D eigenvalue weighted by atomic mass is 16.5. The first-order valence-electron chi connectivity index (χ1n) is 16.6. The zero-order chi connectivity index (χ0) is 32.0. The van der Waals surface area contributed by atoms with Crippen LogP contribution in [-0.4, -0.2) is 0 Å². The molecule has 2 aliphatic heterocycles. The molecular formula is C45H32N2O. The van der Waals surface area contributed by atoms with E-state index in [-0.39, 0.29) is 5.41 Å². The van der Waals surface area contributed by atoms with Crippen molar-refractivity contribution in [1.29, 1.82) is 0 Å². The molecule has 0 bridgehead atoms. The average Bonchev–Trinajstić information content (AvgIpc) is 3.13. The largest absolute Gasteiger partial charge is 0.453 e. The third-order valence-electron chi connectivity index (χ3n) is 10.4. The van der Waals surface area contributed by atoms with Crippen LogP contribution in [0, 0.1) is 0 Å². The monoisotopic (exact) mass is 616 g/mol. The molecule has 0 atom stereocenters. The lowest BCUT2D eigenvalue weighted by Crippen LogP contribution is -2.32. The van der Waals surface area contributed by atoms with E-state index in [1.165, 1.54) is 54.8 Å². The Morgan fingerprint density at radius 2 is 1.10 bits per heavy atom. The molecule has 0 aliphatic carbocycles. The highest BCUT2D eigenvalue weighted by Gasteiger charge is 2.41. The van der Waals surface area contributed by atoms with Crippen molar-refractivity contribution in [2.75, 3.05) is 9.80 Å². The molecule has 10 rings (SSSR count). The Kier molecular flexibility index (Phi) is 5.63. The quantitative estimate of drug-likeness (QED) is 0.145. The molecule has 2 aliphatic rings. The predicted octanol–water partition coefficient (Wildman–Crippen LogP) is 12.8. The second-order valence-corrected chi connectivity index (χ2v) is 13.4. The van der Waals surface area contributed by atoms with Crippen LogP contribution in [0.2, 0.25) is 0 Å². The van der Waals surface area contributed by atoms with Crippen LogP contribution in [-0.2, 0) is 5.41 Å². The first-order valence-corrected chi connectivity index (χ1v) is 16.6. The number of hydrogen-bond donors (Lipinski definition) is 0. The van der Waals surface area contributed by atoms with Crippen LogP contribution < -0.4 is 14.5 Å². The summed E-state index contributed by atoms with van der Waals surface area (Å²) in [4.78, 5) is 4.87. The maximum atomic E-state index is 6.75. The Morgan fingerprint density at radius 3 is 1.90 bits per heavy atom. The van der Waals surface area contributed by atoms with Gasteiger partial charge in [0.15, 0.2) is 11.5 Å². The molecule has 0 amide bonds. The van der Waals surface area contributed by atoms with E-state index in [0.29, 0.717) is 0 Å². The normalized spacial score (nSPS) is 13.9. The minimum Gasteiger partial charge on any atom is -0.453 e. The molecule has 0 saturated heterocycles. The third-order valence-corrected chi connectivity index (χ3v) is 10.4. The molecule has 0 aromatic heterocycles.